The number of aliphatic imine (C=N–C) groups is 1. The van der Waals surface area contributed by atoms with Gasteiger partial charge >= 0.3 is 5.97 Å². The fraction of sp³-hybridized carbons (Fsp3) is 0.370. The predicted molar refractivity (Wildman–Crippen MR) is 159 cm³/mol. The van der Waals surface area contributed by atoms with Crippen molar-refractivity contribution in [2.24, 2.45) is 10.7 Å². The van der Waals surface area contributed by atoms with E-state index in [0.717, 1.165) is 4.31 Å². The van der Waals surface area contributed by atoms with Crippen LogP contribution in [0.5, 0.6) is 0 Å². The summed E-state index contributed by atoms with van der Waals surface area (Å²) in [6, 6.07) is 11.9. The number of aliphatic carboxylic acids is 1. The lowest BCUT2D eigenvalue weighted by atomic mass is 10.0. The highest BCUT2D eigenvalue weighted by molar-refractivity contribution is 8.02. The Morgan fingerprint density at radius 2 is 1.86 bits per heavy atom. The van der Waals surface area contributed by atoms with Crippen molar-refractivity contribution in [2.75, 3.05) is 17.7 Å². The molecule has 2 aromatic rings. The van der Waals surface area contributed by atoms with Crippen LogP contribution >= 0.6 is 11.8 Å². The van der Waals surface area contributed by atoms with Gasteiger partial charge in [-0.15, -0.1) is 16.8 Å². The molecule has 3 rings (SSSR count). The molecule has 1 aliphatic rings. The maximum absolute atomic E-state index is 13.4. The van der Waals surface area contributed by atoms with Crippen LogP contribution in [0.4, 0.5) is 5.69 Å². The van der Waals surface area contributed by atoms with E-state index < -0.39 is 38.7 Å². The van der Waals surface area contributed by atoms with Crippen LogP contribution in [-0.2, 0) is 30.8 Å². The van der Waals surface area contributed by atoms with Crippen molar-refractivity contribution in [1.82, 2.24) is 14.9 Å². The molecule has 0 spiro atoms. The number of nitriles is 1. The Balaban J connectivity index is 1.62. The van der Waals surface area contributed by atoms with Gasteiger partial charge in [-0.25, -0.2) is 13.2 Å². The summed E-state index contributed by atoms with van der Waals surface area (Å²) >= 11 is 1.30. The van der Waals surface area contributed by atoms with E-state index in [2.05, 4.69) is 20.9 Å². The van der Waals surface area contributed by atoms with E-state index in [1.54, 1.807) is 62.5 Å². The fourth-order valence-electron chi connectivity index (χ4n) is 4.31. The van der Waals surface area contributed by atoms with Crippen molar-refractivity contribution in [3.05, 3.63) is 60.2 Å². The lowest BCUT2D eigenvalue weighted by molar-refractivity contribution is -0.142. The van der Waals surface area contributed by atoms with E-state index in [1.807, 2.05) is 0 Å². The van der Waals surface area contributed by atoms with Crippen LogP contribution in [0, 0.1) is 11.5 Å². The van der Waals surface area contributed by atoms with Gasteiger partial charge in [0, 0.05) is 29.8 Å². The van der Waals surface area contributed by atoms with Gasteiger partial charge in [0.2, 0.25) is 34.0 Å². The van der Waals surface area contributed by atoms with E-state index >= 15 is 0 Å². The quantitative estimate of drug-likeness (QED) is 0.100. The fourth-order valence-corrected chi connectivity index (χ4v) is 7.50. The average Bonchev–Trinajstić information content (AvgIpc) is 3.28. The highest BCUT2D eigenvalue weighted by Crippen LogP contribution is 2.42. The number of anilines is 1. The molecule has 13 nitrogen and oxygen atoms in total. The summed E-state index contributed by atoms with van der Waals surface area (Å²) in [5.74, 6) is -2.19. The van der Waals surface area contributed by atoms with Gasteiger partial charge in [0.1, 0.15) is 12.1 Å². The van der Waals surface area contributed by atoms with Crippen LogP contribution in [-0.4, -0.2) is 70.8 Å². The largest absolute Gasteiger partial charge is 0.480 e. The molecule has 2 amide bonds. The van der Waals surface area contributed by atoms with Crippen LogP contribution in [0.1, 0.15) is 32.3 Å². The lowest BCUT2D eigenvalue weighted by Gasteiger charge is -2.31. The SMILES string of the molecule is CC1(C)SCN(S(=O)(=O)c2ccccc2)[C@@H]1C(=O)N[C@@H](Cc1ccc(NC(=O)CCCN/C(N)=N/C#N)cc1)C(=O)O. The Hall–Kier alpha value is -4.13. The standard InChI is InChI=1S/C27H33N7O6S2/c1-27(2)23(34(17-41-27)42(39,40)20-7-4-3-5-8-20)24(36)33-21(25(37)38)15-18-10-12-19(13-11-18)32-22(35)9-6-14-30-26(29)31-16-28/h3-5,7-8,10-13,21,23H,6,9,14-15,17H2,1-2H3,(H,32,35)(H,33,36)(H,37,38)(H3,29,30,31)/t21-,23+/m0/s1. The minimum absolute atomic E-state index is 0.0234. The third kappa shape index (κ3) is 8.44. The number of nitrogens with zero attached hydrogens (tertiary/aromatic N) is 3. The highest BCUT2D eigenvalue weighted by Gasteiger charge is 2.51. The molecule has 0 unspecified atom stereocenters. The first-order valence-corrected chi connectivity index (χ1v) is 15.4. The summed E-state index contributed by atoms with van der Waals surface area (Å²) in [7, 11) is -4.00. The number of nitrogens with one attached hydrogen (secondary N) is 3. The number of thioether (sulfide) groups is 1. The number of carboxylic acids is 1. The van der Waals surface area contributed by atoms with E-state index in [9.17, 15) is 27.9 Å². The first kappa shape index (κ1) is 32.4. The third-order valence-electron chi connectivity index (χ3n) is 6.46. The van der Waals surface area contributed by atoms with E-state index in [4.69, 9.17) is 11.0 Å². The van der Waals surface area contributed by atoms with Gasteiger partial charge in [-0.2, -0.15) is 9.57 Å². The molecular weight excluding hydrogens is 582 g/mol. The van der Waals surface area contributed by atoms with Gasteiger partial charge in [0.25, 0.3) is 0 Å². The van der Waals surface area contributed by atoms with E-state index in [0.29, 0.717) is 24.2 Å². The number of carboxylic acid groups (broad SMARTS) is 1. The molecule has 0 aliphatic carbocycles. The zero-order valence-corrected chi connectivity index (χ0v) is 24.7. The van der Waals surface area contributed by atoms with Crippen LogP contribution in [0.2, 0.25) is 0 Å². The molecule has 15 heteroatoms. The van der Waals surface area contributed by atoms with Crippen molar-refractivity contribution in [3.63, 3.8) is 0 Å². The number of rotatable bonds is 12. The summed E-state index contributed by atoms with van der Waals surface area (Å²) in [5.41, 5.74) is 6.53. The second kappa shape index (κ2) is 14.2. The number of carbonyl (C=O) groups excluding carboxylic acids is 2. The van der Waals surface area contributed by atoms with Gasteiger partial charge in [-0.05, 0) is 50.1 Å². The predicted octanol–water partition coefficient (Wildman–Crippen LogP) is 1.44. The Morgan fingerprint density at radius 3 is 2.48 bits per heavy atom. The molecular formula is C27H33N7O6S2. The Morgan fingerprint density at radius 1 is 1.19 bits per heavy atom. The molecule has 2 aromatic carbocycles. The molecule has 1 aliphatic heterocycles. The Kier molecular flexibility index (Phi) is 10.9. The van der Waals surface area contributed by atoms with Gasteiger partial charge in [0.05, 0.1) is 10.8 Å². The molecule has 1 saturated heterocycles. The molecule has 6 N–H and O–H groups in total. The number of hydrogen-bond acceptors (Lipinski definition) is 8. The summed E-state index contributed by atoms with van der Waals surface area (Å²) in [4.78, 5) is 41.1. The van der Waals surface area contributed by atoms with Crippen LogP contribution in [0.3, 0.4) is 0 Å². The number of hydrogen-bond donors (Lipinski definition) is 5. The molecule has 0 saturated carbocycles. The van der Waals surface area contributed by atoms with Crippen molar-refractivity contribution in [2.45, 2.75) is 54.8 Å². The van der Waals surface area contributed by atoms with Gasteiger partial charge in [-0.1, -0.05) is 30.3 Å². The van der Waals surface area contributed by atoms with Crippen molar-refractivity contribution in [3.8, 4) is 6.19 Å². The van der Waals surface area contributed by atoms with Crippen molar-refractivity contribution >= 4 is 51.2 Å². The zero-order chi connectivity index (χ0) is 30.9. The maximum atomic E-state index is 13.4. The number of benzene rings is 2. The van der Waals surface area contributed by atoms with Gasteiger partial charge in [-0.3, -0.25) is 9.59 Å². The monoisotopic (exact) mass is 615 g/mol. The third-order valence-corrected chi connectivity index (χ3v) is 9.82. The second-order valence-electron chi connectivity index (χ2n) is 9.96. The summed E-state index contributed by atoms with van der Waals surface area (Å²) in [6.07, 6.45) is 2.14. The molecule has 0 radical (unpaired) electrons. The molecule has 1 fully saturated rings. The number of carbonyl (C=O) groups is 3. The maximum Gasteiger partial charge on any atom is 0.326 e. The minimum atomic E-state index is -4.00. The topological polar surface area (TPSA) is 207 Å². The second-order valence-corrected chi connectivity index (χ2v) is 13.5. The number of amides is 2. The molecule has 2 atom stereocenters. The summed E-state index contributed by atoms with van der Waals surface area (Å²) < 4.78 is 27.0. The first-order chi connectivity index (χ1) is 19.8. The Bertz CT molecular complexity index is 1460. The molecule has 224 valence electrons. The number of guanidine groups is 1. The van der Waals surface area contributed by atoms with Gasteiger partial charge in [0.15, 0.2) is 0 Å². The summed E-state index contributed by atoms with van der Waals surface area (Å²) in [6.45, 7) is 3.86. The van der Waals surface area contributed by atoms with E-state index in [1.165, 1.54) is 23.9 Å². The first-order valence-electron chi connectivity index (χ1n) is 12.9. The molecule has 42 heavy (non-hydrogen) atoms. The number of sulfonamides is 1. The van der Waals surface area contributed by atoms with Crippen molar-refractivity contribution in [1.29, 1.82) is 5.26 Å². The van der Waals surface area contributed by atoms with Crippen LogP contribution < -0.4 is 21.7 Å². The van der Waals surface area contributed by atoms with Crippen molar-refractivity contribution < 1.29 is 27.9 Å². The normalized spacial score (nSPS) is 17.5. The molecule has 1 heterocycles. The number of nitrogens with two attached hydrogens (primary N) is 1. The lowest BCUT2D eigenvalue weighted by Crippen LogP contribution is -2.56. The van der Waals surface area contributed by atoms with E-state index in [-0.39, 0.29) is 35.5 Å². The molecule has 0 aromatic heterocycles. The van der Waals surface area contributed by atoms with Crippen LogP contribution in [0.15, 0.2) is 64.5 Å². The Labute approximate surface area is 248 Å². The average molecular weight is 616 g/mol. The smallest absolute Gasteiger partial charge is 0.326 e. The highest BCUT2D eigenvalue weighted by atomic mass is 32.2. The molecule has 0 bridgehead atoms. The van der Waals surface area contributed by atoms with Gasteiger partial charge < -0.3 is 26.8 Å². The zero-order valence-electron chi connectivity index (χ0n) is 23.1. The summed E-state index contributed by atoms with van der Waals surface area (Å²) in [5, 5.41) is 26.3. The van der Waals surface area contributed by atoms with Crippen LogP contribution in [0.25, 0.3) is 0 Å². The minimum Gasteiger partial charge on any atom is -0.480 e.